The molecule has 3 aromatic carbocycles. The second-order valence-corrected chi connectivity index (χ2v) is 18.9. The van der Waals surface area contributed by atoms with E-state index in [2.05, 4.69) is 4.74 Å². The highest BCUT2D eigenvalue weighted by molar-refractivity contribution is 14.1. The van der Waals surface area contributed by atoms with Gasteiger partial charge in [-0.25, -0.2) is 18.0 Å². The maximum atomic E-state index is 14.7. The first-order valence-corrected chi connectivity index (χ1v) is 21.6. The SMILES string of the molecule is CC1(OC(=O)C2C3c4ccccc4C(c4ccccc43)C2C(=O)Oc2c(I)cc(I)c(C(=O)OCCOC(=O)C(F)(F)S(=O)(=O)[O-])c2I)CC2CCC1C2. The van der Waals surface area contributed by atoms with E-state index in [9.17, 15) is 40.9 Å². The smallest absolute Gasteiger partial charge is 0.428 e. The minimum atomic E-state index is -6.32. The lowest BCUT2D eigenvalue weighted by Gasteiger charge is -2.49. The maximum Gasteiger partial charge on any atom is 0.428 e. The number of hydrogen-bond acceptors (Lipinski definition) is 11. The van der Waals surface area contributed by atoms with E-state index >= 15 is 0 Å². The van der Waals surface area contributed by atoms with Gasteiger partial charge < -0.3 is 23.5 Å². The van der Waals surface area contributed by atoms with Gasteiger partial charge in [-0.05, 0) is 141 Å². The number of hydrogen-bond donors (Lipinski definition) is 0. The van der Waals surface area contributed by atoms with Crippen molar-refractivity contribution >= 4 is 102 Å². The van der Waals surface area contributed by atoms with Crippen LogP contribution in [0.3, 0.4) is 0 Å². The summed E-state index contributed by atoms with van der Waals surface area (Å²) < 4.78 is 81.9. The van der Waals surface area contributed by atoms with Gasteiger partial charge in [-0.15, -0.1) is 0 Å². The Labute approximate surface area is 349 Å². The van der Waals surface area contributed by atoms with E-state index in [4.69, 9.17) is 14.2 Å². The van der Waals surface area contributed by atoms with Crippen LogP contribution in [0.5, 0.6) is 5.75 Å². The highest BCUT2D eigenvalue weighted by atomic mass is 127. The third kappa shape index (κ3) is 6.84. The van der Waals surface area contributed by atoms with Crippen LogP contribution < -0.4 is 4.74 Å². The van der Waals surface area contributed by atoms with Gasteiger partial charge in [0.05, 0.1) is 24.5 Å². The molecule has 5 atom stereocenters. The number of carbonyl (C=O) groups is 4. The molecule has 0 N–H and O–H groups in total. The Morgan fingerprint density at radius 3 is 1.89 bits per heavy atom. The fourth-order valence-electron chi connectivity index (χ4n) is 8.77. The zero-order valence-electron chi connectivity index (χ0n) is 28.2. The molecule has 54 heavy (non-hydrogen) atoms. The van der Waals surface area contributed by atoms with E-state index in [0.717, 1.165) is 47.9 Å². The number of rotatable bonds is 10. The Balaban J connectivity index is 1.17. The summed E-state index contributed by atoms with van der Waals surface area (Å²) >= 11 is 5.66. The predicted octanol–water partition coefficient (Wildman–Crippen LogP) is 6.89. The molecule has 4 bridgehead atoms. The molecule has 0 aliphatic heterocycles. The van der Waals surface area contributed by atoms with Crippen molar-refractivity contribution < 1.29 is 59.9 Å². The lowest BCUT2D eigenvalue weighted by molar-refractivity contribution is -0.175. The molecule has 0 radical (unpaired) electrons. The number of benzene rings is 3. The molecule has 2 fully saturated rings. The normalized spacial score (nSPS) is 26.4. The summed E-state index contributed by atoms with van der Waals surface area (Å²) in [5.41, 5.74) is 3.07. The standard InChI is InChI=1S/C37H31F2I3O11S/c1-36(16-17-10-11-18(36)14-17)53-34(45)29-26-21-8-4-2-6-19(21)25(20-7-3-5-9-22(20)26)28(29)33(44)52-31-24(41)15-23(40)27(30(31)42)32(43)50-12-13-51-35(46)37(38,39)54(47,48)49/h2-9,15,17-18,25-26,28-29H,10-14,16H2,1H3,(H,47,48,49)/p-1. The molecule has 17 heteroatoms. The number of ether oxygens (including phenoxy) is 4. The molecule has 0 aromatic heterocycles. The van der Waals surface area contributed by atoms with E-state index in [1.54, 1.807) is 6.07 Å². The molecule has 5 aliphatic carbocycles. The van der Waals surface area contributed by atoms with E-state index in [0.29, 0.717) is 13.1 Å². The molecule has 0 amide bonds. The molecule has 0 saturated heterocycles. The Bertz CT molecular complexity index is 2150. The van der Waals surface area contributed by atoms with Crippen LogP contribution in [0.25, 0.3) is 0 Å². The van der Waals surface area contributed by atoms with Gasteiger partial charge in [0.15, 0.2) is 15.9 Å². The third-order valence-corrected chi connectivity index (χ3v) is 14.5. The van der Waals surface area contributed by atoms with Crippen LogP contribution in [0.4, 0.5) is 8.78 Å². The van der Waals surface area contributed by atoms with Crippen molar-refractivity contribution in [3.05, 3.63) is 93.1 Å². The monoisotopic (exact) mass is 1100 g/mol. The average Bonchev–Trinajstić information content (AvgIpc) is 3.71. The number of alkyl halides is 2. The van der Waals surface area contributed by atoms with Gasteiger partial charge in [0.25, 0.3) is 0 Å². The van der Waals surface area contributed by atoms with Crippen molar-refractivity contribution in [1.82, 2.24) is 0 Å². The van der Waals surface area contributed by atoms with Crippen LogP contribution in [-0.4, -0.2) is 60.9 Å². The van der Waals surface area contributed by atoms with Gasteiger partial charge in [-0.2, -0.15) is 8.78 Å². The Morgan fingerprint density at radius 2 is 1.39 bits per heavy atom. The van der Waals surface area contributed by atoms with Gasteiger partial charge in [0.2, 0.25) is 0 Å². The summed E-state index contributed by atoms with van der Waals surface area (Å²) in [6.07, 6.45) is 3.90. The first-order chi connectivity index (χ1) is 25.4. The van der Waals surface area contributed by atoms with Crippen molar-refractivity contribution in [3.8, 4) is 5.75 Å². The summed E-state index contributed by atoms with van der Waals surface area (Å²) in [4.78, 5) is 54.0. The first kappa shape index (κ1) is 39.7. The van der Waals surface area contributed by atoms with Crippen LogP contribution in [-0.2, 0) is 38.7 Å². The summed E-state index contributed by atoms with van der Waals surface area (Å²) in [5.74, 6) is -6.82. The lowest BCUT2D eigenvalue weighted by atomic mass is 9.54. The van der Waals surface area contributed by atoms with Crippen molar-refractivity contribution in [2.24, 2.45) is 23.7 Å². The Morgan fingerprint density at radius 1 is 0.852 bits per heavy atom. The molecular weight excluding hydrogens is 1070 g/mol. The first-order valence-electron chi connectivity index (χ1n) is 16.9. The Hall–Kier alpha value is -2.50. The molecule has 0 heterocycles. The number of fused-ring (bicyclic) bond motifs is 3. The maximum absolute atomic E-state index is 14.7. The average molecular weight is 1100 g/mol. The summed E-state index contributed by atoms with van der Waals surface area (Å²) in [5, 5.41) is -5.32. The highest BCUT2D eigenvalue weighted by Gasteiger charge is 2.59. The summed E-state index contributed by atoms with van der Waals surface area (Å²) in [6, 6.07) is 17.1. The van der Waals surface area contributed by atoms with Gasteiger partial charge in [0.1, 0.15) is 18.8 Å². The van der Waals surface area contributed by atoms with E-state index in [1.165, 1.54) is 0 Å². The van der Waals surface area contributed by atoms with Gasteiger partial charge >= 0.3 is 29.1 Å². The molecule has 11 nitrogen and oxygen atoms in total. The number of halogens is 5. The molecule has 286 valence electrons. The number of esters is 4. The van der Waals surface area contributed by atoms with Crippen LogP contribution in [0, 0.1) is 34.4 Å². The molecule has 5 unspecified atom stereocenters. The summed E-state index contributed by atoms with van der Waals surface area (Å²) in [6.45, 7) is 0.263. The predicted molar refractivity (Wildman–Crippen MR) is 210 cm³/mol. The minimum Gasteiger partial charge on any atom is -0.743 e. The highest BCUT2D eigenvalue weighted by Crippen LogP contribution is 2.60. The van der Waals surface area contributed by atoms with Crippen molar-refractivity contribution in [1.29, 1.82) is 0 Å². The fourth-order valence-corrected chi connectivity index (χ4v) is 13.1. The van der Waals surface area contributed by atoms with Crippen molar-refractivity contribution in [3.63, 3.8) is 0 Å². The second kappa shape index (κ2) is 14.8. The van der Waals surface area contributed by atoms with Crippen LogP contribution in [0.2, 0.25) is 0 Å². The van der Waals surface area contributed by atoms with Crippen LogP contribution in [0.15, 0.2) is 54.6 Å². The van der Waals surface area contributed by atoms with E-state index in [-0.39, 0.29) is 20.8 Å². The molecule has 8 rings (SSSR count). The van der Waals surface area contributed by atoms with Crippen molar-refractivity contribution in [2.75, 3.05) is 13.2 Å². The summed E-state index contributed by atoms with van der Waals surface area (Å²) in [7, 11) is -6.32. The fraction of sp³-hybridized carbons (Fsp3) is 0.405. The number of carbonyl (C=O) groups excluding carboxylic acids is 4. The van der Waals surface area contributed by atoms with E-state index in [1.807, 2.05) is 123 Å². The second-order valence-electron chi connectivity index (χ2n) is 14.1. The van der Waals surface area contributed by atoms with Crippen molar-refractivity contribution in [2.45, 2.75) is 55.3 Å². The molecule has 5 aliphatic rings. The topological polar surface area (TPSA) is 162 Å². The molecule has 2 saturated carbocycles. The van der Waals surface area contributed by atoms with Crippen LogP contribution >= 0.6 is 67.8 Å². The van der Waals surface area contributed by atoms with Gasteiger partial charge in [0, 0.05) is 15.4 Å². The van der Waals surface area contributed by atoms with Gasteiger partial charge in [-0.3, -0.25) is 9.59 Å². The zero-order valence-corrected chi connectivity index (χ0v) is 35.5. The minimum absolute atomic E-state index is 0.0375. The molecule has 0 spiro atoms. The van der Waals surface area contributed by atoms with Crippen LogP contribution in [0.1, 0.15) is 77.1 Å². The largest absolute Gasteiger partial charge is 0.743 e. The van der Waals surface area contributed by atoms with E-state index < -0.39 is 81.7 Å². The van der Waals surface area contributed by atoms with Gasteiger partial charge in [-0.1, -0.05) is 48.5 Å². The zero-order chi connectivity index (χ0) is 38.9. The lowest BCUT2D eigenvalue weighted by Crippen LogP contribution is -2.50. The quantitative estimate of drug-likeness (QED) is 0.0519. The molecule has 3 aromatic rings. The Kier molecular flexibility index (Phi) is 10.9. The molecular formula is C37H30F2I3O11S-. The third-order valence-electron chi connectivity index (χ3n) is 11.1.